The van der Waals surface area contributed by atoms with Gasteiger partial charge in [-0.1, -0.05) is 12.8 Å². The summed E-state index contributed by atoms with van der Waals surface area (Å²) in [6.07, 6.45) is 3.38. The van der Waals surface area contributed by atoms with E-state index in [1.165, 1.54) is 6.29 Å². The number of aliphatic hydroxyl groups excluding tert-OH is 1. The van der Waals surface area contributed by atoms with Crippen LogP contribution in [0, 0.1) is 5.41 Å². The zero-order valence-corrected chi connectivity index (χ0v) is 9.66. The van der Waals surface area contributed by atoms with Gasteiger partial charge in [-0.25, -0.2) is 0 Å². The first-order valence-corrected chi connectivity index (χ1v) is 5.49. The van der Waals surface area contributed by atoms with Crippen LogP contribution >= 0.6 is 0 Å². The summed E-state index contributed by atoms with van der Waals surface area (Å²) in [4.78, 5) is 21.0. The van der Waals surface area contributed by atoms with Gasteiger partial charge < -0.3 is 21.5 Å². The van der Waals surface area contributed by atoms with Crippen molar-refractivity contribution in [3.05, 3.63) is 0 Å². The summed E-state index contributed by atoms with van der Waals surface area (Å²) >= 11 is 0. The number of unbranched alkanes of at least 4 members (excludes halogenated alkanes) is 3. The first-order chi connectivity index (χ1) is 8.06. The van der Waals surface area contributed by atoms with Crippen LogP contribution in [0.2, 0.25) is 0 Å². The average Bonchev–Trinajstić information content (AvgIpc) is 2.27. The molecule has 1 radical (unpaired) electrons. The van der Waals surface area contributed by atoms with Crippen LogP contribution < -0.4 is 16.4 Å². The van der Waals surface area contributed by atoms with Gasteiger partial charge in [-0.05, 0) is 12.8 Å². The van der Waals surface area contributed by atoms with Crippen LogP contribution in [0.1, 0.15) is 32.1 Å². The highest BCUT2D eigenvalue weighted by molar-refractivity contribution is 5.78. The molecule has 0 aromatic carbocycles. The minimum absolute atomic E-state index is 0.0384. The largest absolute Gasteiger partial charge is 0.370 e. The third-order valence-electron chi connectivity index (χ3n) is 2.06. The van der Waals surface area contributed by atoms with Crippen molar-refractivity contribution < 1.29 is 14.7 Å². The Bertz CT molecular complexity index is 258. The van der Waals surface area contributed by atoms with Crippen LogP contribution in [0.4, 0.5) is 0 Å². The van der Waals surface area contributed by atoms with Gasteiger partial charge >= 0.3 is 0 Å². The Morgan fingerprint density at radius 2 is 2.00 bits per heavy atom. The van der Waals surface area contributed by atoms with E-state index in [-0.39, 0.29) is 18.3 Å². The molecule has 7 nitrogen and oxygen atoms in total. The van der Waals surface area contributed by atoms with E-state index < -0.39 is 6.23 Å². The number of amides is 1. The monoisotopic (exact) mass is 243 g/mol. The highest BCUT2D eigenvalue weighted by Crippen LogP contribution is 2.02. The van der Waals surface area contributed by atoms with Crippen molar-refractivity contribution >= 4 is 18.2 Å². The third kappa shape index (κ3) is 10.6. The van der Waals surface area contributed by atoms with Crippen molar-refractivity contribution in [3.8, 4) is 0 Å². The fourth-order valence-electron chi connectivity index (χ4n) is 1.24. The van der Waals surface area contributed by atoms with E-state index in [1.54, 1.807) is 0 Å². The van der Waals surface area contributed by atoms with Crippen LogP contribution in [0.3, 0.4) is 0 Å². The molecule has 0 aliphatic carbocycles. The van der Waals surface area contributed by atoms with E-state index in [9.17, 15) is 9.59 Å². The molecule has 0 rings (SSSR count). The standard InChI is InChI=1S/C10H19N4O3/c11-10(12)13-6-4-2-1-3-5-8(16)14-9(17)7-15/h9,17H,1-6H2,(H,14,16)(H4,11,12,13). The first kappa shape index (κ1) is 15.4. The molecule has 0 aromatic heterocycles. The average molecular weight is 243 g/mol. The quantitative estimate of drug-likeness (QED) is 0.153. The Hall–Kier alpha value is -1.63. The van der Waals surface area contributed by atoms with Gasteiger partial charge in [-0.2, -0.15) is 0 Å². The van der Waals surface area contributed by atoms with E-state index in [1.807, 2.05) is 0 Å². The second kappa shape index (κ2) is 9.59. The number of nitrogens with one attached hydrogen (secondary N) is 3. The Kier molecular flexibility index (Phi) is 8.67. The fraction of sp³-hybridized carbons (Fsp3) is 0.700. The second-order valence-electron chi connectivity index (χ2n) is 3.59. The summed E-state index contributed by atoms with van der Waals surface area (Å²) in [5.74, 6) is -0.397. The van der Waals surface area contributed by atoms with Crippen molar-refractivity contribution in [1.29, 1.82) is 5.41 Å². The Balaban J connectivity index is 3.30. The van der Waals surface area contributed by atoms with E-state index in [0.717, 1.165) is 19.3 Å². The van der Waals surface area contributed by atoms with Gasteiger partial charge in [0.15, 0.2) is 12.2 Å². The van der Waals surface area contributed by atoms with Gasteiger partial charge in [-0.3, -0.25) is 15.0 Å². The lowest BCUT2D eigenvalue weighted by atomic mass is 10.1. The molecule has 1 unspecified atom stereocenters. The van der Waals surface area contributed by atoms with Gasteiger partial charge in [0.2, 0.25) is 5.91 Å². The summed E-state index contributed by atoms with van der Waals surface area (Å²) in [5, 5.41) is 20.4. The number of carbonyl (C=O) groups is 1. The van der Waals surface area contributed by atoms with Crippen LogP contribution in [0.15, 0.2) is 0 Å². The summed E-state index contributed by atoms with van der Waals surface area (Å²) < 4.78 is 0. The Morgan fingerprint density at radius 1 is 1.35 bits per heavy atom. The molecule has 0 fully saturated rings. The normalized spacial score (nSPS) is 11.6. The maximum atomic E-state index is 11.1. The molecule has 0 aromatic rings. The molecular weight excluding hydrogens is 224 g/mol. The predicted molar refractivity (Wildman–Crippen MR) is 62.8 cm³/mol. The number of guanidine groups is 1. The smallest absolute Gasteiger partial charge is 0.252 e. The lowest BCUT2D eigenvalue weighted by molar-refractivity contribution is -0.123. The molecule has 0 aliphatic heterocycles. The van der Waals surface area contributed by atoms with Gasteiger partial charge in [0.25, 0.3) is 6.29 Å². The fourth-order valence-corrected chi connectivity index (χ4v) is 1.24. The van der Waals surface area contributed by atoms with Gasteiger partial charge in [0.05, 0.1) is 0 Å². The molecule has 97 valence electrons. The zero-order valence-electron chi connectivity index (χ0n) is 9.66. The van der Waals surface area contributed by atoms with Crippen LogP contribution in [-0.4, -0.2) is 36.0 Å². The number of hydrogen-bond donors (Lipinski definition) is 5. The maximum absolute atomic E-state index is 11.1. The van der Waals surface area contributed by atoms with Crippen LogP contribution in [0.5, 0.6) is 0 Å². The number of aliphatic hydroxyl groups is 1. The van der Waals surface area contributed by atoms with E-state index in [4.69, 9.17) is 16.2 Å². The highest BCUT2D eigenvalue weighted by atomic mass is 16.3. The lowest BCUT2D eigenvalue weighted by Crippen LogP contribution is -2.35. The first-order valence-electron chi connectivity index (χ1n) is 5.49. The van der Waals surface area contributed by atoms with Crippen molar-refractivity contribution in [2.24, 2.45) is 5.73 Å². The van der Waals surface area contributed by atoms with E-state index in [2.05, 4.69) is 10.6 Å². The molecule has 0 aliphatic rings. The summed E-state index contributed by atoms with van der Waals surface area (Å²) in [7, 11) is 0. The number of nitrogens with two attached hydrogens (primary N) is 1. The van der Waals surface area contributed by atoms with E-state index >= 15 is 0 Å². The summed E-state index contributed by atoms with van der Waals surface area (Å²) in [5.41, 5.74) is 5.10. The van der Waals surface area contributed by atoms with Gasteiger partial charge in [-0.15, -0.1) is 0 Å². The van der Waals surface area contributed by atoms with E-state index in [0.29, 0.717) is 13.0 Å². The molecule has 1 amide bonds. The van der Waals surface area contributed by atoms with Gasteiger partial charge in [0.1, 0.15) is 0 Å². The minimum atomic E-state index is -1.53. The summed E-state index contributed by atoms with van der Waals surface area (Å²) in [6, 6.07) is 0. The van der Waals surface area contributed by atoms with Crippen molar-refractivity contribution in [2.75, 3.05) is 6.54 Å². The molecular formula is C10H19N4O3. The van der Waals surface area contributed by atoms with Gasteiger partial charge in [0, 0.05) is 13.0 Å². The molecule has 0 bridgehead atoms. The second-order valence-corrected chi connectivity index (χ2v) is 3.59. The lowest BCUT2D eigenvalue weighted by Gasteiger charge is -2.06. The topological polar surface area (TPSA) is 128 Å². The van der Waals surface area contributed by atoms with Crippen LogP contribution in [-0.2, 0) is 9.59 Å². The highest BCUT2D eigenvalue weighted by Gasteiger charge is 2.07. The van der Waals surface area contributed by atoms with Crippen molar-refractivity contribution in [2.45, 2.75) is 38.3 Å². The number of carbonyl (C=O) groups excluding carboxylic acids is 2. The van der Waals surface area contributed by atoms with Crippen molar-refractivity contribution in [1.82, 2.24) is 10.6 Å². The third-order valence-corrected chi connectivity index (χ3v) is 2.06. The molecule has 0 spiro atoms. The summed E-state index contributed by atoms with van der Waals surface area (Å²) in [6.45, 7) is 0.653. The molecule has 17 heavy (non-hydrogen) atoms. The molecule has 0 saturated carbocycles. The van der Waals surface area contributed by atoms with Crippen LogP contribution in [0.25, 0.3) is 0 Å². The molecule has 6 N–H and O–H groups in total. The molecule has 0 saturated heterocycles. The SMILES string of the molecule is N=C(N)NCCCCCCC(=O)NC(O)[C]=O. The minimum Gasteiger partial charge on any atom is -0.370 e. The Labute approximate surface area is 100 Å². The number of hydrogen-bond acceptors (Lipinski definition) is 4. The predicted octanol–water partition coefficient (Wildman–Crippen LogP) is -1.04. The van der Waals surface area contributed by atoms with Crippen molar-refractivity contribution in [3.63, 3.8) is 0 Å². The molecule has 0 heterocycles. The molecule has 1 atom stereocenters. The number of rotatable bonds is 9. The Morgan fingerprint density at radius 3 is 2.59 bits per heavy atom. The zero-order chi connectivity index (χ0) is 13.1. The maximum Gasteiger partial charge on any atom is 0.252 e. The molecule has 7 heteroatoms.